The number of rotatable bonds is 5. The highest BCUT2D eigenvalue weighted by atomic mass is 35.5. The van der Waals surface area contributed by atoms with E-state index in [-0.39, 0.29) is 0 Å². The largest absolute Gasteiger partial charge is 0.366 e. The Hall–Kier alpha value is -3.04. The first-order valence-electron chi connectivity index (χ1n) is 8.91. The van der Waals surface area contributed by atoms with E-state index in [0.29, 0.717) is 5.02 Å². The summed E-state index contributed by atoms with van der Waals surface area (Å²) in [5.74, 6) is 0.986. The van der Waals surface area contributed by atoms with Crippen molar-refractivity contribution < 1.29 is 0 Å². The van der Waals surface area contributed by atoms with Gasteiger partial charge in [-0.1, -0.05) is 72.3 Å². The standard InChI is InChI=1S/C23H20ClN3/c1-17-22(19-10-6-3-7-11-19)26-27(21-14-12-20(24)13-15-21)23(17)25-16-18-8-4-2-5-9-18/h2-15,25H,16H2,1H3. The number of halogens is 1. The van der Waals surface area contributed by atoms with Gasteiger partial charge in [0.2, 0.25) is 0 Å². The normalized spacial score (nSPS) is 10.7. The Balaban J connectivity index is 1.77. The molecule has 3 aromatic carbocycles. The molecule has 1 aromatic heterocycles. The molecule has 27 heavy (non-hydrogen) atoms. The third-order valence-electron chi connectivity index (χ3n) is 4.54. The van der Waals surface area contributed by atoms with Gasteiger partial charge in [-0.2, -0.15) is 5.10 Å². The minimum atomic E-state index is 0.713. The molecule has 4 rings (SSSR count). The van der Waals surface area contributed by atoms with Crippen molar-refractivity contribution >= 4 is 17.4 Å². The predicted octanol–water partition coefficient (Wildman–Crippen LogP) is 6.11. The lowest BCUT2D eigenvalue weighted by Crippen LogP contribution is -2.07. The number of benzene rings is 3. The molecule has 0 aliphatic heterocycles. The van der Waals surface area contributed by atoms with Crippen LogP contribution in [0.1, 0.15) is 11.1 Å². The monoisotopic (exact) mass is 373 g/mol. The highest BCUT2D eigenvalue weighted by molar-refractivity contribution is 6.30. The van der Waals surface area contributed by atoms with Gasteiger partial charge in [0.05, 0.1) is 11.4 Å². The third-order valence-corrected chi connectivity index (χ3v) is 4.80. The van der Waals surface area contributed by atoms with Gasteiger partial charge >= 0.3 is 0 Å². The molecule has 0 atom stereocenters. The molecule has 0 fully saturated rings. The maximum atomic E-state index is 6.07. The van der Waals surface area contributed by atoms with Crippen LogP contribution in [0.3, 0.4) is 0 Å². The van der Waals surface area contributed by atoms with Crippen molar-refractivity contribution in [3.8, 4) is 16.9 Å². The average Bonchev–Trinajstić information content (AvgIpc) is 3.05. The molecule has 4 aromatic rings. The number of nitrogens with one attached hydrogen (secondary N) is 1. The highest BCUT2D eigenvalue weighted by Gasteiger charge is 2.17. The van der Waals surface area contributed by atoms with Crippen molar-refractivity contribution in [2.24, 2.45) is 0 Å². The van der Waals surface area contributed by atoms with E-state index < -0.39 is 0 Å². The van der Waals surface area contributed by atoms with Crippen LogP contribution in [0.15, 0.2) is 84.9 Å². The van der Waals surface area contributed by atoms with Crippen molar-refractivity contribution in [3.63, 3.8) is 0 Å². The smallest absolute Gasteiger partial charge is 0.133 e. The predicted molar refractivity (Wildman–Crippen MR) is 113 cm³/mol. The minimum Gasteiger partial charge on any atom is -0.366 e. The van der Waals surface area contributed by atoms with Gasteiger partial charge in [-0.25, -0.2) is 4.68 Å². The van der Waals surface area contributed by atoms with Gasteiger partial charge in [0.15, 0.2) is 0 Å². The summed E-state index contributed by atoms with van der Waals surface area (Å²) in [6.45, 7) is 2.84. The van der Waals surface area contributed by atoms with E-state index in [4.69, 9.17) is 16.7 Å². The molecule has 0 radical (unpaired) electrons. The van der Waals surface area contributed by atoms with Crippen LogP contribution in [0.2, 0.25) is 5.02 Å². The molecule has 0 spiro atoms. The Bertz CT molecular complexity index is 1020. The van der Waals surface area contributed by atoms with Crippen LogP contribution in [0.25, 0.3) is 16.9 Å². The van der Waals surface area contributed by atoms with E-state index in [9.17, 15) is 0 Å². The van der Waals surface area contributed by atoms with Gasteiger partial charge in [0.25, 0.3) is 0 Å². The Kier molecular flexibility index (Phi) is 4.95. The van der Waals surface area contributed by atoms with Gasteiger partial charge in [-0.05, 0) is 36.8 Å². The second-order valence-corrected chi connectivity index (χ2v) is 6.85. The zero-order chi connectivity index (χ0) is 18.6. The molecule has 0 aliphatic rings. The first-order valence-corrected chi connectivity index (χ1v) is 9.29. The molecule has 1 N–H and O–H groups in total. The van der Waals surface area contributed by atoms with Crippen LogP contribution in [0, 0.1) is 6.92 Å². The third kappa shape index (κ3) is 3.74. The van der Waals surface area contributed by atoms with Crippen LogP contribution in [-0.4, -0.2) is 9.78 Å². The van der Waals surface area contributed by atoms with Gasteiger partial charge in [0, 0.05) is 22.7 Å². The molecule has 1 heterocycles. The van der Waals surface area contributed by atoms with Crippen LogP contribution in [-0.2, 0) is 6.54 Å². The van der Waals surface area contributed by atoms with Gasteiger partial charge in [0.1, 0.15) is 5.82 Å². The summed E-state index contributed by atoms with van der Waals surface area (Å²) < 4.78 is 1.96. The molecule has 0 saturated carbocycles. The molecule has 3 nitrogen and oxygen atoms in total. The molecule has 0 saturated heterocycles. The van der Waals surface area contributed by atoms with E-state index in [1.165, 1.54) is 5.56 Å². The first-order chi connectivity index (χ1) is 13.2. The number of hydrogen-bond acceptors (Lipinski definition) is 2. The molecule has 134 valence electrons. The topological polar surface area (TPSA) is 29.9 Å². The quantitative estimate of drug-likeness (QED) is 0.457. The van der Waals surface area contributed by atoms with Crippen LogP contribution in [0.4, 0.5) is 5.82 Å². The number of aromatic nitrogens is 2. The summed E-state index contributed by atoms with van der Waals surface area (Å²) in [5, 5.41) is 9.18. The summed E-state index contributed by atoms with van der Waals surface area (Å²) in [4.78, 5) is 0. The molecule has 0 aliphatic carbocycles. The Morgan fingerprint density at radius 1 is 0.852 bits per heavy atom. The van der Waals surface area contributed by atoms with Crippen molar-refractivity contribution in [2.75, 3.05) is 5.32 Å². The number of nitrogens with zero attached hydrogens (tertiary/aromatic N) is 2. The Morgan fingerprint density at radius 2 is 1.48 bits per heavy atom. The van der Waals surface area contributed by atoms with Crippen LogP contribution in [0.5, 0.6) is 0 Å². The van der Waals surface area contributed by atoms with E-state index in [2.05, 4.69) is 48.6 Å². The zero-order valence-electron chi connectivity index (χ0n) is 15.1. The van der Waals surface area contributed by atoms with Crippen molar-refractivity contribution in [1.82, 2.24) is 9.78 Å². The first kappa shape index (κ1) is 17.4. The van der Waals surface area contributed by atoms with E-state index >= 15 is 0 Å². The van der Waals surface area contributed by atoms with Crippen molar-refractivity contribution in [3.05, 3.63) is 101 Å². The molecule has 0 amide bonds. The Morgan fingerprint density at radius 3 is 2.15 bits per heavy atom. The van der Waals surface area contributed by atoms with Crippen LogP contribution < -0.4 is 5.32 Å². The molecular weight excluding hydrogens is 354 g/mol. The molecule has 0 bridgehead atoms. The minimum absolute atomic E-state index is 0.713. The van der Waals surface area contributed by atoms with Crippen LogP contribution >= 0.6 is 11.6 Å². The van der Waals surface area contributed by atoms with E-state index in [1.54, 1.807) is 0 Å². The SMILES string of the molecule is Cc1c(-c2ccccc2)nn(-c2ccc(Cl)cc2)c1NCc1ccccc1. The lowest BCUT2D eigenvalue weighted by molar-refractivity contribution is 0.877. The summed E-state index contributed by atoms with van der Waals surface area (Å²) in [7, 11) is 0. The van der Waals surface area contributed by atoms with Crippen molar-refractivity contribution in [2.45, 2.75) is 13.5 Å². The highest BCUT2D eigenvalue weighted by Crippen LogP contribution is 2.31. The van der Waals surface area contributed by atoms with Gasteiger partial charge in [-0.15, -0.1) is 0 Å². The fourth-order valence-corrected chi connectivity index (χ4v) is 3.25. The van der Waals surface area contributed by atoms with E-state index in [1.807, 2.05) is 53.2 Å². The fourth-order valence-electron chi connectivity index (χ4n) is 3.12. The zero-order valence-corrected chi connectivity index (χ0v) is 15.8. The molecular formula is C23H20ClN3. The molecule has 4 heteroatoms. The summed E-state index contributed by atoms with van der Waals surface area (Å²) in [6.07, 6.45) is 0. The maximum absolute atomic E-state index is 6.07. The second-order valence-electron chi connectivity index (χ2n) is 6.42. The fraction of sp³-hybridized carbons (Fsp3) is 0.0870. The lowest BCUT2D eigenvalue weighted by atomic mass is 10.1. The average molecular weight is 374 g/mol. The summed E-state index contributed by atoms with van der Waals surface area (Å²) >= 11 is 6.07. The number of anilines is 1. The second kappa shape index (κ2) is 7.68. The lowest BCUT2D eigenvalue weighted by Gasteiger charge is -2.11. The maximum Gasteiger partial charge on any atom is 0.133 e. The van der Waals surface area contributed by atoms with Gasteiger partial charge in [-0.3, -0.25) is 0 Å². The number of hydrogen-bond donors (Lipinski definition) is 1. The van der Waals surface area contributed by atoms with E-state index in [0.717, 1.165) is 34.9 Å². The Labute approximate surface area is 164 Å². The molecule has 0 unspecified atom stereocenters. The van der Waals surface area contributed by atoms with Gasteiger partial charge < -0.3 is 5.32 Å². The summed E-state index contributed by atoms with van der Waals surface area (Å²) in [5.41, 5.74) is 5.39. The summed E-state index contributed by atoms with van der Waals surface area (Å²) in [6, 6.07) is 28.4. The van der Waals surface area contributed by atoms with Crippen molar-refractivity contribution in [1.29, 1.82) is 0 Å².